The maximum Gasteiger partial charge on any atom is 0.0580 e. The van der Waals surface area contributed by atoms with E-state index < -0.39 is 0 Å². The van der Waals surface area contributed by atoms with Crippen LogP contribution in [0.2, 0.25) is 5.02 Å². The number of aryl methyl sites for hydroxylation is 1. The van der Waals surface area contributed by atoms with Crippen molar-refractivity contribution in [1.29, 1.82) is 0 Å². The number of benzene rings is 1. The lowest BCUT2D eigenvalue weighted by Gasteiger charge is -2.16. The van der Waals surface area contributed by atoms with Crippen LogP contribution in [0.15, 0.2) is 41.1 Å². The van der Waals surface area contributed by atoms with Crippen LogP contribution in [0.1, 0.15) is 22.7 Å². The first-order valence-corrected chi connectivity index (χ1v) is 6.37. The van der Waals surface area contributed by atoms with Gasteiger partial charge in [-0.15, -0.1) is 0 Å². The molecule has 1 aromatic heterocycles. The van der Waals surface area contributed by atoms with E-state index in [0.717, 1.165) is 21.2 Å². The molecule has 0 spiro atoms. The first-order chi connectivity index (χ1) is 8.09. The number of nitrogens with two attached hydrogens (primary N) is 1. The number of hydrogen-bond acceptors (Lipinski definition) is 2. The van der Waals surface area contributed by atoms with Crippen LogP contribution in [-0.4, -0.2) is 4.98 Å². The second kappa shape index (κ2) is 5.17. The van der Waals surface area contributed by atoms with Crippen molar-refractivity contribution in [2.45, 2.75) is 13.0 Å². The van der Waals surface area contributed by atoms with Gasteiger partial charge in [-0.25, -0.2) is 0 Å². The number of rotatable bonds is 2. The van der Waals surface area contributed by atoms with Gasteiger partial charge in [0.2, 0.25) is 0 Å². The highest BCUT2D eigenvalue weighted by atomic mass is 79.9. The van der Waals surface area contributed by atoms with Gasteiger partial charge in [-0.2, -0.15) is 0 Å². The molecule has 0 amide bonds. The lowest BCUT2D eigenvalue weighted by Crippen LogP contribution is -2.14. The van der Waals surface area contributed by atoms with Crippen molar-refractivity contribution in [1.82, 2.24) is 4.98 Å². The minimum atomic E-state index is -0.199. The number of halogens is 2. The molecule has 0 saturated carbocycles. The third-order valence-corrected chi connectivity index (χ3v) is 3.63. The van der Waals surface area contributed by atoms with E-state index in [0.29, 0.717) is 5.02 Å². The normalized spacial score (nSPS) is 12.5. The fraction of sp³-hybridized carbons (Fsp3) is 0.154. The lowest BCUT2D eigenvalue weighted by atomic mass is 9.98. The highest BCUT2D eigenvalue weighted by Crippen LogP contribution is 2.30. The summed E-state index contributed by atoms with van der Waals surface area (Å²) in [7, 11) is 0. The molecular weight excluding hydrogens is 300 g/mol. The van der Waals surface area contributed by atoms with Crippen molar-refractivity contribution in [3.8, 4) is 0 Å². The smallest absolute Gasteiger partial charge is 0.0580 e. The fourth-order valence-corrected chi connectivity index (χ4v) is 2.65. The molecular formula is C13H12BrClN2. The molecule has 0 aliphatic heterocycles. The zero-order valence-electron chi connectivity index (χ0n) is 9.32. The maximum absolute atomic E-state index is 6.25. The fourth-order valence-electron chi connectivity index (χ4n) is 1.72. The van der Waals surface area contributed by atoms with Gasteiger partial charge < -0.3 is 5.73 Å². The molecule has 1 heterocycles. The Bertz CT molecular complexity index is 543. The third kappa shape index (κ3) is 2.68. The molecule has 2 aromatic rings. The van der Waals surface area contributed by atoms with E-state index in [1.54, 1.807) is 12.4 Å². The Labute approximate surface area is 114 Å². The van der Waals surface area contributed by atoms with Gasteiger partial charge in [0.25, 0.3) is 0 Å². The van der Waals surface area contributed by atoms with Crippen molar-refractivity contribution in [2.24, 2.45) is 5.73 Å². The van der Waals surface area contributed by atoms with Gasteiger partial charge in [0.1, 0.15) is 0 Å². The summed E-state index contributed by atoms with van der Waals surface area (Å²) in [6.45, 7) is 2.03. The lowest BCUT2D eigenvalue weighted by molar-refractivity contribution is 0.848. The first kappa shape index (κ1) is 12.6. The van der Waals surface area contributed by atoms with E-state index in [1.165, 1.54) is 0 Å². The summed E-state index contributed by atoms with van der Waals surface area (Å²) in [5.41, 5.74) is 9.42. The molecule has 2 N–H and O–H groups in total. The molecule has 0 aliphatic rings. The Balaban J connectivity index is 2.44. The van der Waals surface area contributed by atoms with Gasteiger partial charge in [0.05, 0.1) is 6.04 Å². The monoisotopic (exact) mass is 310 g/mol. The summed E-state index contributed by atoms with van der Waals surface area (Å²) < 4.78 is 0.917. The predicted molar refractivity (Wildman–Crippen MR) is 74.2 cm³/mol. The Morgan fingerprint density at radius 1 is 1.29 bits per heavy atom. The van der Waals surface area contributed by atoms with Crippen molar-refractivity contribution < 1.29 is 0 Å². The minimum Gasteiger partial charge on any atom is -0.320 e. The average molecular weight is 312 g/mol. The molecule has 1 unspecified atom stereocenters. The molecule has 0 bridgehead atoms. The van der Waals surface area contributed by atoms with Crippen molar-refractivity contribution >= 4 is 27.5 Å². The quantitative estimate of drug-likeness (QED) is 0.915. The van der Waals surface area contributed by atoms with Crippen LogP contribution in [0, 0.1) is 6.92 Å². The molecule has 88 valence electrons. The highest BCUT2D eigenvalue weighted by molar-refractivity contribution is 9.10. The van der Waals surface area contributed by atoms with Gasteiger partial charge in [0, 0.05) is 21.9 Å². The molecule has 2 nitrogen and oxygen atoms in total. The summed E-state index contributed by atoms with van der Waals surface area (Å²) in [6, 6.07) is 7.38. The van der Waals surface area contributed by atoms with Crippen LogP contribution in [0.4, 0.5) is 0 Å². The number of aromatic nitrogens is 1. The minimum absolute atomic E-state index is 0.199. The van der Waals surface area contributed by atoms with Crippen LogP contribution < -0.4 is 5.73 Å². The van der Waals surface area contributed by atoms with Crippen LogP contribution in [0.25, 0.3) is 0 Å². The molecule has 17 heavy (non-hydrogen) atoms. The van der Waals surface area contributed by atoms with Crippen LogP contribution in [0.3, 0.4) is 0 Å². The van der Waals surface area contributed by atoms with E-state index in [9.17, 15) is 0 Å². The Kier molecular flexibility index (Phi) is 3.82. The van der Waals surface area contributed by atoms with E-state index in [1.807, 2.05) is 31.2 Å². The molecule has 1 atom stereocenters. The summed E-state index contributed by atoms with van der Waals surface area (Å²) in [6.07, 6.45) is 3.57. The van der Waals surface area contributed by atoms with Gasteiger partial charge in [0.15, 0.2) is 0 Å². The van der Waals surface area contributed by atoms with Crippen LogP contribution >= 0.6 is 27.5 Å². The molecule has 4 heteroatoms. The van der Waals surface area contributed by atoms with E-state index in [2.05, 4.69) is 20.9 Å². The number of nitrogens with zero attached hydrogens (tertiary/aromatic N) is 1. The summed E-state index contributed by atoms with van der Waals surface area (Å²) in [5.74, 6) is 0. The number of hydrogen-bond donors (Lipinski definition) is 1. The molecule has 0 radical (unpaired) electrons. The van der Waals surface area contributed by atoms with Gasteiger partial charge >= 0.3 is 0 Å². The second-order valence-corrected chi connectivity index (χ2v) is 5.17. The van der Waals surface area contributed by atoms with Crippen molar-refractivity contribution in [2.75, 3.05) is 0 Å². The van der Waals surface area contributed by atoms with Gasteiger partial charge in [-0.05, 0) is 41.8 Å². The zero-order valence-corrected chi connectivity index (χ0v) is 11.7. The summed E-state index contributed by atoms with van der Waals surface area (Å²) >= 11 is 9.40. The zero-order chi connectivity index (χ0) is 12.4. The molecule has 1 aromatic carbocycles. The van der Waals surface area contributed by atoms with E-state index in [4.69, 9.17) is 17.3 Å². The van der Waals surface area contributed by atoms with E-state index in [-0.39, 0.29) is 6.04 Å². The largest absolute Gasteiger partial charge is 0.320 e. The Morgan fingerprint density at radius 2 is 2.06 bits per heavy atom. The first-order valence-electron chi connectivity index (χ1n) is 5.20. The molecule has 0 aliphatic carbocycles. The standard InChI is InChI=1S/C13H12BrClN2/c1-8-4-5-17-7-11(8)13(16)10-3-2-9(15)6-12(10)14/h2-7,13H,16H2,1H3. The average Bonchev–Trinajstić information content (AvgIpc) is 2.29. The van der Waals surface area contributed by atoms with Gasteiger partial charge in [-0.3, -0.25) is 4.98 Å². The molecule has 0 saturated heterocycles. The van der Waals surface area contributed by atoms with E-state index >= 15 is 0 Å². The van der Waals surface area contributed by atoms with Crippen LogP contribution in [-0.2, 0) is 0 Å². The molecule has 2 rings (SSSR count). The molecule has 0 fully saturated rings. The predicted octanol–water partition coefficient (Wildman–Crippen LogP) is 3.85. The van der Waals surface area contributed by atoms with Crippen molar-refractivity contribution in [3.05, 3.63) is 62.8 Å². The van der Waals surface area contributed by atoms with Gasteiger partial charge in [-0.1, -0.05) is 33.6 Å². The van der Waals surface area contributed by atoms with Crippen molar-refractivity contribution in [3.63, 3.8) is 0 Å². The number of pyridine rings is 1. The Morgan fingerprint density at radius 3 is 2.71 bits per heavy atom. The Hall–Kier alpha value is -0.900. The second-order valence-electron chi connectivity index (χ2n) is 3.88. The third-order valence-electron chi connectivity index (χ3n) is 2.71. The highest BCUT2D eigenvalue weighted by Gasteiger charge is 2.14. The summed E-state index contributed by atoms with van der Waals surface area (Å²) in [5, 5.41) is 0.690. The topological polar surface area (TPSA) is 38.9 Å². The van der Waals surface area contributed by atoms with Crippen LogP contribution in [0.5, 0.6) is 0 Å². The SMILES string of the molecule is Cc1ccncc1C(N)c1ccc(Cl)cc1Br. The maximum atomic E-state index is 6.25. The summed E-state index contributed by atoms with van der Waals surface area (Å²) in [4.78, 5) is 4.12.